The monoisotopic (exact) mass is 227 g/mol. The van der Waals surface area contributed by atoms with Crippen molar-refractivity contribution in [1.29, 1.82) is 0 Å². The van der Waals surface area contributed by atoms with E-state index in [1.54, 1.807) is 31.2 Å². The predicted octanol–water partition coefficient (Wildman–Crippen LogP) is 1.81. The second kappa shape index (κ2) is 4.64. The number of carbonyl (C=O) groups excluding carboxylic acids is 1. The van der Waals surface area contributed by atoms with Gasteiger partial charge in [-0.15, -0.1) is 0 Å². The highest BCUT2D eigenvalue weighted by Gasteiger charge is 2.29. The van der Waals surface area contributed by atoms with E-state index < -0.39 is 11.5 Å². The van der Waals surface area contributed by atoms with Crippen molar-refractivity contribution >= 4 is 17.5 Å². The number of hydrogen-bond donors (Lipinski definition) is 2. The van der Waals surface area contributed by atoms with Crippen molar-refractivity contribution in [1.82, 2.24) is 0 Å². The first kappa shape index (κ1) is 12.0. The standard InChI is InChI=1S/C11H14ClNO2/c1-2-11(15,7-10(13)14)8-3-5-9(12)6-4-8/h3-6,15H,2,7H2,1H3,(H2,13,14). The van der Waals surface area contributed by atoms with Crippen LogP contribution in [0.4, 0.5) is 0 Å². The lowest BCUT2D eigenvalue weighted by molar-refractivity contribution is -0.123. The number of aliphatic hydroxyl groups is 1. The molecule has 0 saturated heterocycles. The van der Waals surface area contributed by atoms with E-state index >= 15 is 0 Å². The summed E-state index contributed by atoms with van der Waals surface area (Å²) in [6.07, 6.45) is 0.350. The molecule has 0 saturated carbocycles. The number of primary amides is 1. The first-order valence-corrected chi connectivity index (χ1v) is 5.12. The molecule has 0 aliphatic heterocycles. The fourth-order valence-electron chi connectivity index (χ4n) is 1.48. The van der Waals surface area contributed by atoms with Gasteiger partial charge in [0, 0.05) is 5.02 Å². The van der Waals surface area contributed by atoms with E-state index in [-0.39, 0.29) is 6.42 Å². The maximum atomic E-state index is 10.9. The normalized spacial score (nSPS) is 14.6. The Labute approximate surface area is 93.9 Å². The Hall–Kier alpha value is -1.06. The van der Waals surface area contributed by atoms with Crippen LogP contribution in [0.25, 0.3) is 0 Å². The van der Waals surface area contributed by atoms with E-state index in [0.29, 0.717) is 17.0 Å². The Morgan fingerprint density at radius 1 is 1.47 bits per heavy atom. The number of nitrogens with two attached hydrogens (primary N) is 1. The Bertz CT molecular complexity index is 350. The lowest BCUT2D eigenvalue weighted by Gasteiger charge is -2.25. The molecule has 3 nitrogen and oxygen atoms in total. The molecule has 4 heteroatoms. The van der Waals surface area contributed by atoms with Crippen LogP contribution in [-0.2, 0) is 10.4 Å². The largest absolute Gasteiger partial charge is 0.385 e. The molecule has 0 fully saturated rings. The Balaban J connectivity index is 3.00. The topological polar surface area (TPSA) is 63.3 Å². The van der Waals surface area contributed by atoms with Crippen LogP contribution in [0.3, 0.4) is 0 Å². The lowest BCUT2D eigenvalue weighted by Crippen LogP contribution is -2.31. The van der Waals surface area contributed by atoms with Crippen molar-refractivity contribution < 1.29 is 9.90 Å². The van der Waals surface area contributed by atoms with Crippen LogP contribution in [0.2, 0.25) is 5.02 Å². The second-order valence-electron chi connectivity index (χ2n) is 3.54. The quantitative estimate of drug-likeness (QED) is 0.824. The minimum Gasteiger partial charge on any atom is -0.385 e. The van der Waals surface area contributed by atoms with Crippen LogP contribution in [0.1, 0.15) is 25.3 Å². The van der Waals surface area contributed by atoms with Crippen LogP contribution in [0, 0.1) is 0 Å². The van der Waals surface area contributed by atoms with Gasteiger partial charge in [0.15, 0.2) is 0 Å². The summed E-state index contributed by atoms with van der Waals surface area (Å²) >= 11 is 5.74. The lowest BCUT2D eigenvalue weighted by atomic mass is 9.88. The van der Waals surface area contributed by atoms with Crippen LogP contribution in [-0.4, -0.2) is 11.0 Å². The molecule has 0 aliphatic rings. The highest BCUT2D eigenvalue weighted by atomic mass is 35.5. The maximum Gasteiger partial charge on any atom is 0.220 e. The van der Waals surface area contributed by atoms with E-state index in [9.17, 15) is 9.90 Å². The van der Waals surface area contributed by atoms with E-state index in [4.69, 9.17) is 17.3 Å². The summed E-state index contributed by atoms with van der Waals surface area (Å²) in [7, 11) is 0. The highest BCUT2D eigenvalue weighted by molar-refractivity contribution is 6.30. The van der Waals surface area contributed by atoms with Crippen LogP contribution in [0.15, 0.2) is 24.3 Å². The average Bonchev–Trinajstić information content (AvgIpc) is 2.17. The van der Waals surface area contributed by atoms with Gasteiger partial charge >= 0.3 is 0 Å². The number of benzene rings is 1. The zero-order chi connectivity index (χ0) is 11.5. The predicted molar refractivity (Wildman–Crippen MR) is 59.5 cm³/mol. The van der Waals surface area contributed by atoms with Crippen molar-refractivity contribution in [2.75, 3.05) is 0 Å². The van der Waals surface area contributed by atoms with E-state index in [1.165, 1.54) is 0 Å². The van der Waals surface area contributed by atoms with Gasteiger partial charge in [-0.05, 0) is 24.1 Å². The molecule has 1 unspecified atom stereocenters. The minimum absolute atomic E-state index is 0.0782. The molecule has 0 aromatic heterocycles. The Kier molecular flexibility index (Phi) is 3.72. The summed E-state index contributed by atoms with van der Waals surface area (Å²) in [6.45, 7) is 1.80. The summed E-state index contributed by atoms with van der Waals surface area (Å²) in [5.74, 6) is -0.519. The van der Waals surface area contributed by atoms with Gasteiger partial charge in [0.1, 0.15) is 0 Å². The molecular formula is C11H14ClNO2. The zero-order valence-electron chi connectivity index (χ0n) is 8.53. The molecule has 1 atom stereocenters. The third-order valence-electron chi connectivity index (χ3n) is 2.43. The second-order valence-corrected chi connectivity index (χ2v) is 3.97. The van der Waals surface area contributed by atoms with Gasteiger partial charge in [0.25, 0.3) is 0 Å². The molecule has 0 bridgehead atoms. The molecule has 1 rings (SSSR count). The average molecular weight is 228 g/mol. The molecule has 0 aliphatic carbocycles. The van der Waals surface area contributed by atoms with E-state index in [0.717, 1.165) is 0 Å². The van der Waals surface area contributed by atoms with E-state index in [2.05, 4.69) is 0 Å². The number of amides is 1. The molecule has 3 N–H and O–H groups in total. The van der Waals surface area contributed by atoms with Gasteiger partial charge in [-0.2, -0.15) is 0 Å². The maximum absolute atomic E-state index is 10.9. The molecule has 1 aromatic carbocycles. The molecule has 0 heterocycles. The molecule has 15 heavy (non-hydrogen) atoms. The summed E-state index contributed by atoms with van der Waals surface area (Å²) in [5.41, 5.74) is 4.57. The van der Waals surface area contributed by atoms with Crippen molar-refractivity contribution in [3.63, 3.8) is 0 Å². The smallest absolute Gasteiger partial charge is 0.220 e. The SMILES string of the molecule is CCC(O)(CC(N)=O)c1ccc(Cl)cc1. The highest BCUT2D eigenvalue weighted by Crippen LogP contribution is 2.29. The number of rotatable bonds is 4. The number of halogens is 1. The summed E-state index contributed by atoms with van der Waals surface area (Å²) in [6, 6.07) is 6.76. The molecule has 0 spiro atoms. The van der Waals surface area contributed by atoms with Crippen LogP contribution < -0.4 is 5.73 Å². The first-order chi connectivity index (χ1) is 6.98. The third-order valence-corrected chi connectivity index (χ3v) is 2.69. The number of hydrogen-bond acceptors (Lipinski definition) is 2. The van der Waals surface area contributed by atoms with Crippen molar-refractivity contribution in [3.8, 4) is 0 Å². The fourth-order valence-corrected chi connectivity index (χ4v) is 1.61. The number of carbonyl (C=O) groups is 1. The summed E-state index contributed by atoms with van der Waals surface area (Å²) < 4.78 is 0. The van der Waals surface area contributed by atoms with Crippen molar-refractivity contribution in [2.45, 2.75) is 25.4 Å². The van der Waals surface area contributed by atoms with Gasteiger partial charge in [0.05, 0.1) is 12.0 Å². The first-order valence-electron chi connectivity index (χ1n) is 4.74. The van der Waals surface area contributed by atoms with Gasteiger partial charge in [-0.1, -0.05) is 30.7 Å². The van der Waals surface area contributed by atoms with E-state index in [1.807, 2.05) is 0 Å². The fraction of sp³-hybridized carbons (Fsp3) is 0.364. The van der Waals surface area contributed by atoms with Crippen molar-refractivity contribution in [2.24, 2.45) is 5.73 Å². The zero-order valence-corrected chi connectivity index (χ0v) is 9.29. The van der Waals surface area contributed by atoms with Gasteiger partial charge in [0.2, 0.25) is 5.91 Å². The van der Waals surface area contributed by atoms with Crippen molar-refractivity contribution in [3.05, 3.63) is 34.9 Å². The van der Waals surface area contributed by atoms with Crippen LogP contribution in [0.5, 0.6) is 0 Å². The Morgan fingerprint density at radius 2 is 2.00 bits per heavy atom. The minimum atomic E-state index is -1.18. The van der Waals surface area contributed by atoms with Gasteiger partial charge in [-0.3, -0.25) is 4.79 Å². The summed E-state index contributed by atoms with van der Waals surface area (Å²) in [5, 5.41) is 10.8. The third kappa shape index (κ3) is 2.94. The molecule has 1 amide bonds. The van der Waals surface area contributed by atoms with Gasteiger partial charge in [-0.25, -0.2) is 0 Å². The van der Waals surface area contributed by atoms with Gasteiger partial charge < -0.3 is 10.8 Å². The molecular weight excluding hydrogens is 214 g/mol. The van der Waals surface area contributed by atoms with Crippen LogP contribution >= 0.6 is 11.6 Å². The molecule has 0 radical (unpaired) electrons. The molecule has 82 valence electrons. The summed E-state index contributed by atoms with van der Waals surface area (Å²) in [4.78, 5) is 10.9. The molecule has 1 aromatic rings. The Morgan fingerprint density at radius 3 is 2.40 bits per heavy atom.